The van der Waals surface area contributed by atoms with Crippen molar-refractivity contribution in [1.82, 2.24) is 4.90 Å². The van der Waals surface area contributed by atoms with Crippen molar-refractivity contribution in [3.8, 4) is 0 Å². The molecule has 1 aromatic rings. The van der Waals surface area contributed by atoms with Crippen LogP contribution in [0.1, 0.15) is 17.3 Å². The molecule has 78 valence electrons. The van der Waals surface area contributed by atoms with Crippen LogP contribution in [0.15, 0.2) is 11.4 Å². The summed E-state index contributed by atoms with van der Waals surface area (Å²) in [4.78, 5) is 13.2. The van der Waals surface area contributed by atoms with Gasteiger partial charge in [0.1, 0.15) is 0 Å². The molecule has 0 saturated heterocycles. The van der Waals surface area contributed by atoms with Crippen molar-refractivity contribution >= 4 is 39.8 Å². The minimum atomic E-state index is -0.485. The first-order chi connectivity index (χ1) is 6.50. The molecular formula is C9H12INO2S. The molecule has 1 amide bonds. The molecule has 1 rings (SSSR count). The third kappa shape index (κ3) is 3.21. The molecule has 1 N–H and O–H groups in total. The minimum absolute atomic E-state index is 0.0370. The lowest BCUT2D eigenvalue weighted by Gasteiger charge is -2.17. The zero-order valence-electron chi connectivity index (χ0n) is 8.03. The molecule has 5 heteroatoms. The van der Waals surface area contributed by atoms with E-state index in [0.29, 0.717) is 12.1 Å². The van der Waals surface area contributed by atoms with E-state index in [1.165, 1.54) is 4.90 Å². The third-order valence-electron chi connectivity index (χ3n) is 1.70. The summed E-state index contributed by atoms with van der Waals surface area (Å²) in [6.45, 7) is 2.03. The highest BCUT2D eigenvalue weighted by molar-refractivity contribution is 14.1. The smallest absolute Gasteiger partial charge is 0.254 e. The summed E-state index contributed by atoms with van der Waals surface area (Å²) in [5.74, 6) is -0.0370. The summed E-state index contributed by atoms with van der Waals surface area (Å²) in [7, 11) is 1.69. The van der Waals surface area contributed by atoms with Crippen LogP contribution in [0.4, 0.5) is 0 Å². The van der Waals surface area contributed by atoms with Gasteiger partial charge in [-0.05, 0) is 35.6 Å². The standard InChI is InChI=1S/C9H12INO2S/c1-6(12)4-11(2)9(13)7-3-8(10)14-5-7/h3,5-6,12H,4H2,1-2H3. The quantitative estimate of drug-likeness (QED) is 0.861. The van der Waals surface area contributed by atoms with Crippen molar-refractivity contribution in [2.45, 2.75) is 13.0 Å². The Morgan fingerprint density at radius 2 is 2.43 bits per heavy atom. The molecule has 0 spiro atoms. The van der Waals surface area contributed by atoms with Crippen molar-refractivity contribution in [2.75, 3.05) is 13.6 Å². The molecule has 0 fully saturated rings. The van der Waals surface area contributed by atoms with Crippen LogP contribution in [-0.4, -0.2) is 35.6 Å². The third-order valence-corrected chi connectivity index (χ3v) is 3.49. The van der Waals surface area contributed by atoms with Crippen LogP contribution in [0.25, 0.3) is 0 Å². The summed E-state index contributed by atoms with van der Waals surface area (Å²) in [5.41, 5.74) is 0.697. The Morgan fingerprint density at radius 3 is 2.86 bits per heavy atom. The normalized spacial score (nSPS) is 12.6. The molecule has 0 saturated carbocycles. The first kappa shape index (κ1) is 11.9. The lowest BCUT2D eigenvalue weighted by molar-refractivity contribution is 0.0704. The first-order valence-corrected chi connectivity index (χ1v) is 6.14. The van der Waals surface area contributed by atoms with Crippen LogP contribution in [0, 0.1) is 2.88 Å². The number of nitrogens with zero attached hydrogens (tertiary/aromatic N) is 1. The van der Waals surface area contributed by atoms with Gasteiger partial charge in [-0.1, -0.05) is 0 Å². The zero-order chi connectivity index (χ0) is 10.7. The second kappa shape index (κ2) is 5.09. The Hall–Kier alpha value is -0.140. The van der Waals surface area contributed by atoms with E-state index in [1.807, 2.05) is 11.4 Å². The van der Waals surface area contributed by atoms with Crippen molar-refractivity contribution in [2.24, 2.45) is 0 Å². The molecule has 1 aromatic heterocycles. The van der Waals surface area contributed by atoms with Gasteiger partial charge in [0.2, 0.25) is 0 Å². The maximum Gasteiger partial charge on any atom is 0.254 e. The van der Waals surface area contributed by atoms with Gasteiger partial charge in [0.15, 0.2) is 0 Å². The Kier molecular flexibility index (Phi) is 4.33. The van der Waals surface area contributed by atoms with E-state index in [0.717, 1.165) is 2.88 Å². The Balaban J connectivity index is 2.65. The van der Waals surface area contributed by atoms with E-state index in [9.17, 15) is 4.79 Å². The van der Waals surface area contributed by atoms with Crippen molar-refractivity contribution in [3.05, 3.63) is 19.9 Å². The van der Waals surface area contributed by atoms with Crippen LogP contribution in [0.3, 0.4) is 0 Å². The number of hydrogen-bond acceptors (Lipinski definition) is 3. The average molecular weight is 325 g/mol. The number of aliphatic hydroxyl groups excluding tert-OH is 1. The summed E-state index contributed by atoms with van der Waals surface area (Å²) in [6.07, 6.45) is -0.485. The number of thiophene rings is 1. The largest absolute Gasteiger partial charge is 0.392 e. The SMILES string of the molecule is CC(O)CN(C)C(=O)c1csc(I)c1. The van der Waals surface area contributed by atoms with E-state index in [4.69, 9.17) is 5.11 Å². The lowest BCUT2D eigenvalue weighted by Crippen LogP contribution is -2.32. The molecular weight excluding hydrogens is 313 g/mol. The van der Waals surface area contributed by atoms with Gasteiger partial charge in [-0.2, -0.15) is 0 Å². The van der Waals surface area contributed by atoms with Crippen LogP contribution >= 0.6 is 33.9 Å². The molecule has 14 heavy (non-hydrogen) atoms. The Morgan fingerprint density at radius 1 is 1.79 bits per heavy atom. The Labute approximate surface area is 101 Å². The lowest BCUT2D eigenvalue weighted by atomic mass is 10.3. The summed E-state index contributed by atoms with van der Waals surface area (Å²) in [6, 6.07) is 1.85. The predicted octanol–water partition coefficient (Wildman–Crippen LogP) is 1.81. The molecule has 1 atom stereocenters. The monoisotopic (exact) mass is 325 g/mol. The van der Waals surface area contributed by atoms with Gasteiger partial charge in [0.25, 0.3) is 5.91 Å². The second-order valence-corrected chi connectivity index (χ2v) is 5.98. The fourth-order valence-corrected chi connectivity index (χ4v) is 2.44. The maximum absolute atomic E-state index is 11.7. The molecule has 3 nitrogen and oxygen atoms in total. The minimum Gasteiger partial charge on any atom is -0.392 e. The zero-order valence-corrected chi connectivity index (χ0v) is 11.0. The fourth-order valence-electron chi connectivity index (χ4n) is 1.12. The number of carbonyl (C=O) groups is 1. The molecule has 0 aliphatic heterocycles. The van der Waals surface area contributed by atoms with Gasteiger partial charge in [0.05, 0.1) is 14.6 Å². The fraction of sp³-hybridized carbons (Fsp3) is 0.444. The summed E-state index contributed by atoms with van der Waals surface area (Å²) < 4.78 is 1.09. The molecule has 0 aromatic carbocycles. The Bertz CT molecular complexity index is 324. The van der Waals surface area contributed by atoms with E-state index in [1.54, 1.807) is 25.3 Å². The van der Waals surface area contributed by atoms with Gasteiger partial charge >= 0.3 is 0 Å². The molecule has 0 aliphatic carbocycles. The second-order valence-electron chi connectivity index (χ2n) is 3.17. The topological polar surface area (TPSA) is 40.5 Å². The number of hydrogen-bond donors (Lipinski definition) is 1. The van der Waals surface area contributed by atoms with Crippen molar-refractivity contribution < 1.29 is 9.90 Å². The van der Waals surface area contributed by atoms with E-state index in [2.05, 4.69) is 22.6 Å². The summed E-state index contributed by atoms with van der Waals surface area (Å²) >= 11 is 3.73. The van der Waals surface area contributed by atoms with Crippen LogP contribution in [0.5, 0.6) is 0 Å². The van der Waals surface area contributed by atoms with E-state index in [-0.39, 0.29) is 5.91 Å². The van der Waals surface area contributed by atoms with Crippen LogP contribution < -0.4 is 0 Å². The number of halogens is 1. The highest BCUT2D eigenvalue weighted by Crippen LogP contribution is 2.17. The van der Waals surface area contributed by atoms with Gasteiger partial charge in [-0.3, -0.25) is 4.79 Å². The molecule has 0 aliphatic rings. The number of amides is 1. The van der Waals surface area contributed by atoms with Crippen molar-refractivity contribution in [3.63, 3.8) is 0 Å². The van der Waals surface area contributed by atoms with Gasteiger partial charge in [-0.15, -0.1) is 11.3 Å². The number of rotatable bonds is 3. The van der Waals surface area contributed by atoms with E-state index < -0.39 is 6.10 Å². The maximum atomic E-state index is 11.7. The molecule has 0 bridgehead atoms. The average Bonchev–Trinajstić information content (AvgIpc) is 2.49. The predicted molar refractivity (Wildman–Crippen MR) is 65.7 cm³/mol. The van der Waals surface area contributed by atoms with Gasteiger partial charge in [-0.25, -0.2) is 0 Å². The van der Waals surface area contributed by atoms with Gasteiger partial charge < -0.3 is 10.0 Å². The summed E-state index contributed by atoms with van der Waals surface area (Å²) in [5, 5.41) is 11.0. The van der Waals surface area contributed by atoms with Gasteiger partial charge in [0, 0.05) is 19.0 Å². The van der Waals surface area contributed by atoms with Crippen LogP contribution in [0.2, 0.25) is 0 Å². The molecule has 0 radical (unpaired) electrons. The van der Waals surface area contributed by atoms with E-state index >= 15 is 0 Å². The van der Waals surface area contributed by atoms with Crippen molar-refractivity contribution in [1.29, 1.82) is 0 Å². The number of aliphatic hydroxyl groups is 1. The highest BCUT2D eigenvalue weighted by atomic mass is 127. The number of carbonyl (C=O) groups excluding carboxylic acids is 1. The molecule has 1 unspecified atom stereocenters. The molecule has 1 heterocycles. The number of likely N-dealkylation sites (N-methyl/N-ethyl adjacent to an activating group) is 1. The first-order valence-electron chi connectivity index (χ1n) is 4.18. The van der Waals surface area contributed by atoms with Crippen LogP contribution in [-0.2, 0) is 0 Å². The highest BCUT2D eigenvalue weighted by Gasteiger charge is 2.14.